The Morgan fingerprint density at radius 3 is 2.89 bits per heavy atom. The van der Waals surface area contributed by atoms with Crippen molar-refractivity contribution in [3.8, 4) is 0 Å². The molecule has 18 heavy (non-hydrogen) atoms. The van der Waals surface area contributed by atoms with E-state index in [0.717, 1.165) is 12.4 Å². The number of hydrogen-bond donors (Lipinski definition) is 2. The molecule has 5 nitrogen and oxygen atoms in total. The van der Waals surface area contributed by atoms with Gasteiger partial charge in [0.15, 0.2) is 5.82 Å². The number of hydrogen-bond acceptors (Lipinski definition) is 6. The van der Waals surface area contributed by atoms with Crippen LogP contribution in [-0.4, -0.2) is 16.0 Å². The van der Waals surface area contributed by atoms with Crippen LogP contribution in [-0.2, 0) is 6.54 Å². The average Bonchev–Trinajstić information content (AvgIpc) is 2.88. The summed E-state index contributed by atoms with van der Waals surface area (Å²) in [5.74, 6) is 6.76. The van der Waals surface area contributed by atoms with Gasteiger partial charge in [0.2, 0.25) is 0 Å². The largest absolute Gasteiger partial charge is 0.348 e. The number of rotatable bonds is 5. The Morgan fingerprint density at radius 2 is 2.28 bits per heavy atom. The van der Waals surface area contributed by atoms with Gasteiger partial charge >= 0.3 is 0 Å². The molecule has 0 aliphatic carbocycles. The fourth-order valence-corrected chi connectivity index (χ4v) is 2.36. The molecular formula is C12H17N5S. The third kappa shape index (κ3) is 2.96. The molecule has 96 valence electrons. The van der Waals surface area contributed by atoms with E-state index in [1.165, 1.54) is 4.88 Å². The molecule has 6 heteroatoms. The van der Waals surface area contributed by atoms with Gasteiger partial charge in [0.05, 0.1) is 18.9 Å². The zero-order valence-electron chi connectivity index (χ0n) is 10.5. The van der Waals surface area contributed by atoms with Crippen molar-refractivity contribution in [3.05, 3.63) is 34.8 Å². The smallest absolute Gasteiger partial charge is 0.160 e. The molecule has 0 aliphatic rings. The fraction of sp³-hybridized carbons (Fsp3) is 0.333. The van der Waals surface area contributed by atoms with E-state index in [0.29, 0.717) is 11.9 Å². The van der Waals surface area contributed by atoms with Crippen LogP contribution in [0.25, 0.3) is 0 Å². The molecule has 0 spiro atoms. The molecule has 0 bridgehead atoms. The highest BCUT2D eigenvalue weighted by atomic mass is 32.1. The normalized spacial score (nSPS) is 10.7. The average molecular weight is 263 g/mol. The molecule has 2 aromatic heterocycles. The first-order valence-electron chi connectivity index (χ1n) is 5.78. The third-order valence-corrected chi connectivity index (χ3v) is 3.45. The lowest BCUT2D eigenvalue weighted by atomic mass is 10.3. The molecule has 0 fully saturated rings. The second-order valence-corrected chi connectivity index (χ2v) is 5.24. The standard InChI is InChI=1S/C12H17N5S/c1-9(2)17(8-10-4-3-5-18-10)12-7-14-6-11(15-12)16-13/h3-7,9H,8,13H2,1-2H3,(H,15,16). The molecule has 0 atom stereocenters. The first-order chi connectivity index (χ1) is 8.70. The van der Waals surface area contributed by atoms with Crippen molar-refractivity contribution in [1.29, 1.82) is 0 Å². The Morgan fingerprint density at radius 1 is 1.44 bits per heavy atom. The van der Waals surface area contributed by atoms with Gasteiger partial charge in [0, 0.05) is 10.9 Å². The van der Waals surface area contributed by atoms with Crippen molar-refractivity contribution in [2.24, 2.45) is 5.84 Å². The van der Waals surface area contributed by atoms with Crippen LogP contribution in [0.3, 0.4) is 0 Å². The number of nitrogens with zero attached hydrogens (tertiary/aromatic N) is 3. The predicted octanol–water partition coefficient (Wildman–Crippen LogP) is 2.24. The molecule has 0 saturated carbocycles. The second-order valence-electron chi connectivity index (χ2n) is 4.21. The minimum Gasteiger partial charge on any atom is -0.348 e. The van der Waals surface area contributed by atoms with Crippen LogP contribution < -0.4 is 16.2 Å². The lowest BCUT2D eigenvalue weighted by Gasteiger charge is -2.27. The summed E-state index contributed by atoms with van der Waals surface area (Å²) in [6.45, 7) is 5.10. The molecule has 2 heterocycles. The maximum Gasteiger partial charge on any atom is 0.160 e. The van der Waals surface area contributed by atoms with Gasteiger partial charge in [-0.1, -0.05) is 6.07 Å². The summed E-state index contributed by atoms with van der Waals surface area (Å²) in [7, 11) is 0. The summed E-state index contributed by atoms with van der Waals surface area (Å²) >= 11 is 1.74. The summed E-state index contributed by atoms with van der Waals surface area (Å²) in [6.07, 6.45) is 3.36. The van der Waals surface area contributed by atoms with Gasteiger partial charge in [0.25, 0.3) is 0 Å². The fourth-order valence-electron chi connectivity index (χ4n) is 1.66. The van der Waals surface area contributed by atoms with Crippen molar-refractivity contribution in [2.75, 3.05) is 10.3 Å². The highest BCUT2D eigenvalue weighted by Gasteiger charge is 2.14. The summed E-state index contributed by atoms with van der Waals surface area (Å²) in [4.78, 5) is 12.1. The molecule has 3 N–H and O–H groups in total. The number of thiophene rings is 1. The van der Waals surface area contributed by atoms with E-state index in [-0.39, 0.29) is 0 Å². The van der Waals surface area contributed by atoms with Gasteiger partial charge < -0.3 is 10.3 Å². The van der Waals surface area contributed by atoms with Crippen LogP contribution in [0.1, 0.15) is 18.7 Å². The maximum atomic E-state index is 5.36. The third-order valence-electron chi connectivity index (χ3n) is 2.59. The van der Waals surface area contributed by atoms with E-state index in [2.05, 4.69) is 51.7 Å². The van der Waals surface area contributed by atoms with Crippen LogP contribution >= 0.6 is 11.3 Å². The van der Waals surface area contributed by atoms with Crippen molar-refractivity contribution < 1.29 is 0 Å². The molecule has 2 rings (SSSR count). The molecule has 0 aliphatic heterocycles. The molecule has 0 aromatic carbocycles. The number of aromatic nitrogens is 2. The topological polar surface area (TPSA) is 67.1 Å². The van der Waals surface area contributed by atoms with E-state index in [1.807, 2.05) is 0 Å². The van der Waals surface area contributed by atoms with Crippen molar-refractivity contribution in [3.63, 3.8) is 0 Å². The maximum absolute atomic E-state index is 5.36. The number of anilines is 2. The summed E-state index contributed by atoms with van der Waals surface area (Å²) in [5.41, 5.74) is 2.52. The zero-order chi connectivity index (χ0) is 13.0. The minimum absolute atomic E-state index is 0.342. The number of nitrogens with two attached hydrogens (primary N) is 1. The predicted molar refractivity (Wildman–Crippen MR) is 75.5 cm³/mol. The van der Waals surface area contributed by atoms with E-state index < -0.39 is 0 Å². The molecular weight excluding hydrogens is 246 g/mol. The van der Waals surface area contributed by atoms with Crippen LogP contribution in [0.4, 0.5) is 11.6 Å². The Labute approximate surface area is 111 Å². The van der Waals surface area contributed by atoms with Crippen LogP contribution in [0.5, 0.6) is 0 Å². The van der Waals surface area contributed by atoms with Crippen molar-refractivity contribution >= 4 is 23.0 Å². The molecule has 0 radical (unpaired) electrons. The number of nitrogen functional groups attached to an aromatic ring is 1. The van der Waals surface area contributed by atoms with Crippen molar-refractivity contribution in [1.82, 2.24) is 9.97 Å². The molecule has 2 aromatic rings. The second kappa shape index (κ2) is 5.79. The quantitative estimate of drug-likeness (QED) is 0.639. The lowest BCUT2D eigenvalue weighted by Crippen LogP contribution is -2.31. The zero-order valence-corrected chi connectivity index (χ0v) is 11.3. The van der Waals surface area contributed by atoms with Crippen LogP contribution in [0, 0.1) is 0 Å². The van der Waals surface area contributed by atoms with Gasteiger partial charge in [-0.15, -0.1) is 11.3 Å². The highest BCUT2D eigenvalue weighted by Crippen LogP contribution is 2.20. The van der Waals surface area contributed by atoms with E-state index >= 15 is 0 Å². The highest BCUT2D eigenvalue weighted by molar-refractivity contribution is 7.09. The van der Waals surface area contributed by atoms with E-state index in [1.54, 1.807) is 23.7 Å². The van der Waals surface area contributed by atoms with E-state index in [4.69, 9.17) is 5.84 Å². The first kappa shape index (κ1) is 12.8. The number of nitrogens with one attached hydrogen (secondary N) is 1. The summed E-state index contributed by atoms with van der Waals surface area (Å²) in [5, 5.41) is 2.08. The minimum atomic E-state index is 0.342. The van der Waals surface area contributed by atoms with Crippen molar-refractivity contribution in [2.45, 2.75) is 26.4 Å². The lowest BCUT2D eigenvalue weighted by molar-refractivity contribution is 0.675. The van der Waals surface area contributed by atoms with Gasteiger partial charge in [-0.2, -0.15) is 0 Å². The van der Waals surface area contributed by atoms with Crippen LogP contribution in [0.2, 0.25) is 0 Å². The first-order valence-corrected chi connectivity index (χ1v) is 6.66. The van der Waals surface area contributed by atoms with Gasteiger partial charge in [-0.25, -0.2) is 10.8 Å². The Hall–Kier alpha value is -1.66. The monoisotopic (exact) mass is 263 g/mol. The van der Waals surface area contributed by atoms with Gasteiger partial charge in [-0.05, 0) is 25.3 Å². The van der Waals surface area contributed by atoms with Gasteiger partial charge in [0.1, 0.15) is 5.82 Å². The SMILES string of the molecule is CC(C)N(Cc1cccs1)c1cncc(NN)n1. The van der Waals surface area contributed by atoms with E-state index in [9.17, 15) is 0 Å². The Bertz CT molecular complexity index is 483. The Balaban J connectivity index is 2.23. The molecule has 0 unspecified atom stereocenters. The van der Waals surface area contributed by atoms with Crippen LogP contribution in [0.15, 0.2) is 29.9 Å². The molecule has 0 saturated heterocycles. The Kier molecular flexibility index (Phi) is 4.11. The molecule has 0 amide bonds. The summed E-state index contributed by atoms with van der Waals surface area (Å²) in [6, 6.07) is 4.52. The summed E-state index contributed by atoms with van der Waals surface area (Å²) < 4.78 is 0. The number of hydrazine groups is 1. The van der Waals surface area contributed by atoms with Gasteiger partial charge in [-0.3, -0.25) is 4.98 Å².